The van der Waals surface area contributed by atoms with Crippen LogP contribution in [0.1, 0.15) is 16.7 Å². The van der Waals surface area contributed by atoms with E-state index < -0.39 is 0 Å². The lowest BCUT2D eigenvalue weighted by Gasteiger charge is -2.14. The Labute approximate surface area is 234 Å². The van der Waals surface area contributed by atoms with Crippen LogP contribution in [0.4, 0.5) is 4.79 Å². The molecule has 2 amide bonds. The number of imide groups is 1. The number of hydrogen-bond donors (Lipinski definition) is 0. The Bertz CT molecular complexity index is 1260. The molecule has 0 bridgehead atoms. The predicted molar refractivity (Wildman–Crippen MR) is 152 cm³/mol. The summed E-state index contributed by atoms with van der Waals surface area (Å²) in [5.74, 6) is 0.872. The number of carbonyl (C=O) groups excluding carboxylic acids is 2. The summed E-state index contributed by atoms with van der Waals surface area (Å²) in [5.41, 5.74) is 2.63. The van der Waals surface area contributed by atoms with Crippen molar-refractivity contribution in [2.75, 3.05) is 7.11 Å². The van der Waals surface area contributed by atoms with E-state index in [2.05, 4.69) is 45.2 Å². The molecule has 1 saturated heterocycles. The molecule has 1 heterocycles. The number of rotatable bonds is 7. The summed E-state index contributed by atoms with van der Waals surface area (Å²) >= 11 is 11.3. The van der Waals surface area contributed by atoms with Gasteiger partial charge in [-0.15, -0.1) is 0 Å². The number of hydrogen-bond acceptors (Lipinski definition) is 5. The van der Waals surface area contributed by atoms with Crippen LogP contribution in [-0.2, 0) is 17.9 Å². The molecule has 0 radical (unpaired) electrons. The van der Waals surface area contributed by atoms with E-state index in [0.29, 0.717) is 28.0 Å². The van der Waals surface area contributed by atoms with Crippen LogP contribution in [0.15, 0.2) is 65.6 Å². The fourth-order valence-electron chi connectivity index (χ4n) is 3.26. The summed E-state index contributed by atoms with van der Waals surface area (Å²) in [6.07, 6.45) is 1.71. The van der Waals surface area contributed by atoms with Crippen molar-refractivity contribution < 1.29 is 19.1 Å². The van der Waals surface area contributed by atoms with E-state index in [1.54, 1.807) is 43.5 Å². The van der Waals surface area contributed by atoms with Crippen LogP contribution < -0.4 is 9.47 Å². The van der Waals surface area contributed by atoms with E-state index in [1.165, 1.54) is 4.90 Å². The number of amides is 2. The molecule has 0 N–H and O–H groups in total. The Morgan fingerprint density at radius 3 is 2.35 bits per heavy atom. The average Bonchev–Trinajstić information content (AvgIpc) is 3.07. The maximum Gasteiger partial charge on any atom is 0.293 e. The third-order valence-corrected chi connectivity index (χ3v) is 7.65. The van der Waals surface area contributed by atoms with Crippen molar-refractivity contribution in [1.82, 2.24) is 4.90 Å². The molecule has 3 aromatic rings. The minimum absolute atomic E-state index is 0.200. The maximum absolute atomic E-state index is 12.9. The van der Waals surface area contributed by atoms with Crippen LogP contribution in [0.5, 0.6) is 11.5 Å². The first-order valence-corrected chi connectivity index (χ1v) is 13.4. The number of methoxy groups -OCH3 is 1. The van der Waals surface area contributed by atoms with Crippen LogP contribution in [-0.4, -0.2) is 23.2 Å². The van der Waals surface area contributed by atoms with Gasteiger partial charge in [-0.3, -0.25) is 14.5 Å². The Morgan fingerprint density at radius 2 is 1.68 bits per heavy atom. The minimum atomic E-state index is -0.321. The van der Waals surface area contributed by atoms with Gasteiger partial charge in [0.2, 0.25) is 0 Å². The zero-order valence-corrected chi connectivity index (χ0v) is 23.8. The fourth-order valence-corrected chi connectivity index (χ4v) is 5.36. The van der Waals surface area contributed by atoms with Gasteiger partial charge in [-0.2, -0.15) is 0 Å². The highest BCUT2D eigenvalue weighted by molar-refractivity contribution is 14.1. The first kappa shape index (κ1) is 25.3. The van der Waals surface area contributed by atoms with E-state index in [-0.39, 0.29) is 17.7 Å². The van der Waals surface area contributed by atoms with Crippen molar-refractivity contribution >= 4 is 85.8 Å². The second-order valence-electron chi connectivity index (χ2n) is 7.34. The average molecular weight is 718 g/mol. The van der Waals surface area contributed by atoms with Gasteiger partial charge < -0.3 is 9.47 Å². The van der Waals surface area contributed by atoms with Gasteiger partial charge in [-0.05, 0) is 116 Å². The highest BCUT2D eigenvalue weighted by atomic mass is 127. The summed E-state index contributed by atoms with van der Waals surface area (Å²) in [5, 5.41) is 0.303. The summed E-state index contributed by atoms with van der Waals surface area (Å²) in [4.78, 5) is 27.0. The molecule has 3 aromatic carbocycles. The molecule has 34 heavy (non-hydrogen) atoms. The Balaban J connectivity index is 1.52. The standard InChI is InChI=1S/C25H18ClI2NO4S/c1-32-21-11-17(10-20(28)23(21)33-14-16-4-8-19(27)9-5-16)12-22-24(30)29(25(31)34-22)13-15-2-6-18(26)7-3-15/h2-12H,13-14H2,1H3/b22-12+. The zero-order valence-electron chi connectivity index (χ0n) is 17.9. The molecule has 1 fully saturated rings. The van der Waals surface area contributed by atoms with Crippen molar-refractivity contribution in [3.05, 3.63) is 94.4 Å². The molecule has 1 aliphatic heterocycles. The van der Waals surface area contributed by atoms with E-state index >= 15 is 0 Å². The summed E-state index contributed by atoms with van der Waals surface area (Å²) < 4.78 is 13.6. The van der Waals surface area contributed by atoms with Gasteiger partial charge in [0.15, 0.2) is 11.5 Å². The van der Waals surface area contributed by atoms with Gasteiger partial charge in [0.1, 0.15) is 6.61 Å². The van der Waals surface area contributed by atoms with Crippen molar-refractivity contribution in [3.8, 4) is 11.5 Å². The summed E-state index contributed by atoms with van der Waals surface area (Å²) in [7, 11) is 1.58. The predicted octanol–water partition coefficient (Wildman–Crippen LogP) is 7.37. The molecular formula is C25H18ClI2NO4S. The number of ether oxygens (including phenoxy) is 2. The lowest BCUT2D eigenvalue weighted by Crippen LogP contribution is -2.27. The fraction of sp³-hybridized carbons (Fsp3) is 0.120. The molecule has 0 saturated carbocycles. The molecular weight excluding hydrogens is 700 g/mol. The lowest BCUT2D eigenvalue weighted by molar-refractivity contribution is -0.123. The molecule has 5 nitrogen and oxygen atoms in total. The van der Waals surface area contributed by atoms with E-state index in [4.69, 9.17) is 21.1 Å². The molecule has 0 atom stereocenters. The van der Waals surface area contributed by atoms with Crippen molar-refractivity contribution in [2.45, 2.75) is 13.2 Å². The van der Waals surface area contributed by atoms with Crippen LogP contribution in [0.2, 0.25) is 5.02 Å². The SMILES string of the molecule is COc1cc(/C=C2/SC(=O)N(Cc3ccc(Cl)cc3)C2=O)cc(I)c1OCc1ccc(I)cc1. The van der Waals surface area contributed by atoms with Gasteiger partial charge in [0.05, 0.1) is 22.1 Å². The molecule has 0 unspecified atom stereocenters. The van der Waals surface area contributed by atoms with Crippen LogP contribution in [0.25, 0.3) is 6.08 Å². The number of carbonyl (C=O) groups is 2. The quantitative estimate of drug-likeness (QED) is 0.189. The summed E-state index contributed by atoms with van der Waals surface area (Å²) in [6.45, 7) is 0.609. The molecule has 4 rings (SSSR count). The van der Waals surface area contributed by atoms with Gasteiger partial charge >= 0.3 is 0 Å². The van der Waals surface area contributed by atoms with Gasteiger partial charge in [-0.25, -0.2) is 0 Å². The van der Waals surface area contributed by atoms with Gasteiger partial charge in [0.25, 0.3) is 11.1 Å². The second kappa shape index (κ2) is 11.3. The minimum Gasteiger partial charge on any atom is -0.493 e. The number of halogens is 3. The molecule has 0 spiro atoms. The normalized spacial score (nSPS) is 14.7. The lowest BCUT2D eigenvalue weighted by atomic mass is 10.1. The highest BCUT2D eigenvalue weighted by Gasteiger charge is 2.35. The van der Waals surface area contributed by atoms with Gasteiger partial charge in [-0.1, -0.05) is 35.9 Å². The number of benzene rings is 3. The zero-order chi connectivity index (χ0) is 24.2. The topological polar surface area (TPSA) is 55.8 Å². The molecule has 1 aliphatic rings. The monoisotopic (exact) mass is 717 g/mol. The first-order chi connectivity index (χ1) is 16.3. The third-order valence-electron chi connectivity index (χ3n) is 4.97. The van der Waals surface area contributed by atoms with E-state index in [1.807, 2.05) is 30.3 Å². The Morgan fingerprint density at radius 1 is 1.00 bits per heavy atom. The van der Waals surface area contributed by atoms with E-state index in [0.717, 1.165) is 35.6 Å². The van der Waals surface area contributed by atoms with E-state index in [9.17, 15) is 9.59 Å². The van der Waals surface area contributed by atoms with Crippen LogP contribution in [0, 0.1) is 7.14 Å². The first-order valence-electron chi connectivity index (χ1n) is 10.1. The smallest absolute Gasteiger partial charge is 0.293 e. The van der Waals surface area contributed by atoms with Crippen molar-refractivity contribution in [2.24, 2.45) is 0 Å². The third kappa shape index (κ3) is 6.07. The molecule has 0 aliphatic carbocycles. The van der Waals surface area contributed by atoms with Crippen LogP contribution in [0.3, 0.4) is 0 Å². The van der Waals surface area contributed by atoms with Crippen molar-refractivity contribution in [3.63, 3.8) is 0 Å². The Kier molecular flexibility index (Phi) is 8.43. The maximum atomic E-state index is 12.9. The number of nitrogens with zero attached hydrogens (tertiary/aromatic N) is 1. The highest BCUT2D eigenvalue weighted by Crippen LogP contribution is 2.38. The van der Waals surface area contributed by atoms with Gasteiger partial charge in [0, 0.05) is 8.59 Å². The van der Waals surface area contributed by atoms with Crippen LogP contribution >= 0.6 is 68.5 Å². The molecule has 0 aromatic heterocycles. The summed E-state index contributed by atoms with van der Waals surface area (Å²) in [6, 6.07) is 18.9. The Hall–Kier alpha value is -1.76. The molecule has 174 valence electrons. The second-order valence-corrected chi connectivity index (χ2v) is 11.2. The number of thioether (sulfide) groups is 1. The largest absolute Gasteiger partial charge is 0.493 e. The molecule has 9 heteroatoms. The van der Waals surface area contributed by atoms with Crippen molar-refractivity contribution in [1.29, 1.82) is 0 Å².